The number of amides is 1. The zero-order valence-corrected chi connectivity index (χ0v) is 13.3. The number of hydrogen-bond donors (Lipinski definition) is 0. The van der Waals surface area contributed by atoms with E-state index in [0.29, 0.717) is 6.54 Å². The van der Waals surface area contributed by atoms with Crippen molar-refractivity contribution in [2.75, 3.05) is 11.4 Å². The molecule has 0 spiro atoms. The van der Waals surface area contributed by atoms with Crippen molar-refractivity contribution in [2.45, 2.75) is 19.8 Å². The van der Waals surface area contributed by atoms with Gasteiger partial charge in [0.05, 0.1) is 5.69 Å². The lowest BCUT2D eigenvalue weighted by atomic mass is 10.0. The van der Waals surface area contributed by atoms with Gasteiger partial charge in [0.2, 0.25) is 0 Å². The lowest BCUT2D eigenvalue weighted by Gasteiger charge is -2.13. The first-order valence-corrected chi connectivity index (χ1v) is 7.94. The molecule has 3 rings (SSSR count). The Kier molecular flexibility index (Phi) is 4.30. The van der Waals surface area contributed by atoms with Crippen LogP contribution in [-0.2, 0) is 11.2 Å². The quantitative estimate of drug-likeness (QED) is 0.748. The molecular formula is C19H18ClNO. The Balaban J connectivity index is 1.79. The molecule has 3 heteroatoms. The Hall–Kier alpha value is -2.06. The Labute approximate surface area is 136 Å². The van der Waals surface area contributed by atoms with E-state index < -0.39 is 0 Å². The maximum Gasteiger partial charge on any atom is 0.258 e. The molecule has 22 heavy (non-hydrogen) atoms. The summed E-state index contributed by atoms with van der Waals surface area (Å²) in [6.07, 6.45) is 3.81. The number of carbonyl (C=O) groups is 1. The van der Waals surface area contributed by atoms with E-state index in [4.69, 9.17) is 11.6 Å². The van der Waals surface area contributed by atoms with Gasteiger partial charge in [-0.2, -0.15) is 0 Å². The third kappa shape index (κ3) is 2.79. The van der Waals surface area contributed by atoms with E-state index in [1.807, 2.05) is 60.4 Å². The van der Waals surface area contributed by atoms with Crippen molar-refractivity contribution < 1.29 is 4.79 Å². The van der Waals surface area contributed by atoms with Crippen LogP contribution in [0.3, 0.4) is 0 Å². The molecule has 0 saturated heterocycles. The molecule has 112 valence electrons. The van der Waals surface area contributed by atoms with Crippen LogP contribution in [0.5, 0.6) is 0 Å². The molecular weight excluding hydrogens is 294 g/mol. The fraction of sp³-hybridized carbons (Fsp3) is 0.211. The number of nitrogens with zero attached hydrogens (tertiary/aromatic N) is 1. The molecule has 0 fully saturated rings. The topological polar surface area (TPSA) is 20.3 Å². The van der Waals surface area contributed by atoms with Crippen molar-refractivity contribution in [3.63, 3.8) is 0 Å². The van der Waals surface area contributed by atoms with Gasteiger partial charge in [0.25, 0.3) is 5.91 Å². The Morgan fingerprint density at radius 2 is 1.82 bits per heavy atom. The number of benzene rings is 2. The summed E-state index contributed by atoms with van der Waals surface area (Å²) < 4.78 is 0. The number of halogens is 1. The van der Waals surface area contributed by atoms with Crippen LogP contribution < -0.4 is 4.90 Å². The molecule has 0 aliphatic carbocycles. The summed E-state index contributed by atoms with van der Waals surface area (Å²) >= 11 is 5.89. The molecule has 2 aromatic carbocycles. The van der Waals surface area contributed by atoms with Gasteiger partial charge in [-0.25, -0.2) is 0 Å². The second-order valence-electron chi connectivity index (χ2n) is 5.35. The van der Waals surface area contributed by atoms with E-state index in [1.54, 1.807) is 0 Å². The summed E-state index contributed by atoms with van der Waals surface area (Å²) in [6.45, 7) is 2.70. The van der Waals surface area contributed by atoms with E-state index >= 15 is 0 Å². The van der Waals surface area contributed by atoms with E-state index in [0.717, 1.165) is 34.7 Å². The van der Waals surface area contributed by atoms with Crippen molar-refractivity contribution >= 4 is 28.8 Å². The van der Waals surface area contributed by atoms with E-state index in [1.165, 1.54) is 5.56 Å². The minimum Gasteiger partial charge on any atom is -0.308 e. The molecule has 0 N–H and O–H groups in total. The van der Waals surface area contributed by atoms with Crippen molar-refractivity contribution in [3.05, 3.63) is 70.8 Å². The highest BCUT2D eigenvalue weighted by Gasteiger charge is 2.30. The minimum absolute atomic E-state index is 0.111. The molecule has 0 bridgehead atoms. The zero-order chi connectivity index (χ0) is 15.5. The summed E-state index contributed by atoms with van der Waals surface area (Å²) in [7, 11) is 0. The van der Waals surface area contributed by atoms with Gasteiger partial charge in [0.15, 0.2) is 0 Å². The molecule has 1 aliphatic heterocycles. The summed E-state index contributed by atoms with van der Waals surface area (Å²) in [6, 6.07) is 15.9. The van der Waals surface area contributed by atoms with Crippen molar-refractivity contribution in [3.8, 4) is 0 Å². The zero-order valence-electron chi connectivity index (χ0n) is 12.6. The van der Waals surface area contributed by atoms with Crippen molar-refractivity contribution in [1.82, 2.24) is 0 Å². The van der Waals surface area contributed by atoms with E-state index in [2.05, 4.69) is 6.08 Å². The highest BCUT2D eigenvalue weighted by molar-refractivity contribution is 6.32. The number of para-hydroxylation sites is 1. The normalized spacial score (nSPS) is 15.5. The Bertz CT molecular complexity index is 718. The van der Waals surface area contributed by atoms with Crippen LogP contribution in [0.4, 0.5) is 5.69 Å². The highest BCUT2D eigenvalue weighted by atomic mass is 35.5. The van der Waals surface area contributed by atoms with Crippen molar-refractivity contribution in [1.29, 1.82) is 0 Å². The summed E-state index contributed by atoms with van der Waals surface area (Å²) in [5, 5.41) is 0.751. The van der Waals surface area contributed by atoms with Gasteiger partial charge in [-0.3, -0.25) is 4.79 Å². The molecule has 2 nitrogen and oxygen atoms in total. The van der Waals surface area contributed by atoms with Crippen molar-refractivity contribution in [2.24, 2.45) is 0 Å². The number of fused-ring (bicyclic) bond motifs is 1. The lowest BCUT2D eigenvalue weighted by Crippen LogP contribution is -2.25. The van der Waals surface area contributed by atoms with Gasteiger partial charge in [0.1, 0.15) is 0 Å². The summed E-state index contributed by atoms with van der Waals surface area (Å²) in [5.74, 6) is 0.111. The van der Waals surface area contributed by atoms with Crippen LogP contribution in [0, 0.1) is 0 Å². The first kappa shape index (κ1) is 14.9. The van der Waals surface area contributed by atoms with Crippen LogP contribution in [0.2, 0.25) is 5.02 Å². The first-order chi connectivity index (χ1) is 10.7. The van der Waals surface area contributed by atoms with Gasteiger partial charge in [0, 0.05) is 22.7 Å². The Morgan fingerprint density at radius 3 is 2.55 bits per heavy atom. The Morgan fingerprint density at radius 1 is 1.09 bits per heavy atom. The van der Waals surface area contributed by atoms with Gasteiger partial charge < -0.3 is 4.90 Å². The summed E-state index contributed by atoms with van der Waals surface area (Å²) in [4.78, 5) is 14.4. The predicted molar refractivity (Wildman–Crippen MR) is 92.2 cm³/mol. The van der Waals surface area contributed by atoms with Crippen LogP contribution in [0.25, 0.3) is 5.57 Å². The van der Waals surface area contributed by atoms with E-state index in [-0.39, 0.29) is 5.91 Å². The number of aryl methyl sites for hydroxylation is 1. The lowest BCUT2D eigenvalue weighted by molar-refractivity contribution is -0.112. The van der Waals surface area contributed by atoms with Crippen LogP contribution in [-0.4, -0.2) is 12.5 Å². The maximum absolute atomic E-state index is 12.5. The van der Waals surface area contributed by atoms with E-state index in [9.17, 15) is 4.79 Å². The summed E-state index contributed by atoms with van der Waals surface area (Å²) in [5.41, 5.74) is 4.12. The monoisotopic (exact) mass is 311 g/mol. The fourth-order valence-electron chi connectivity index (χ4n) is 2.85. The van der Waals surface area contributed by atoms with Gasteiger partial charge in [-0.05, 0) is 43.5 Å². The SMILES string of the molecule is CCN1C(=O)C(=CCCc2ccc(Cl)cc2)c2ccccc21. The molecule has 0 radical (unpaired) electrons. The fourth-order valence-corrected chi connectivity index (χ4v) is 2.98. The third-order valence-corrected chi connectivity index (χ3v) is 4.22. The number of rotatable bonds is 4. The molecule has 0 aromatic heterocycles. The molecule has 1 amide bonds. The minimum atomic E-state index is 0.111. The van der Waals surface area contributed by atoms with Gasteiger partial charge in [-0.1, -0.05) is 48.0 Å². The molecule has 1 aliphatic rings. The van der Waals surface area contributed by atoms with Gasteiger partial charge in [-0.15, -0.1) is 0 Å². The number of carbonyl (C=O) groups excluding carboxylic acids is 1. The molecule has 0 unspecified atom stereocenters. The standard InChI is InChI=1S/C19H18ClNO/c1-2-21-18-9-4-3-7-16(18)17(19(21)22)8-5-6-14-10-12-15(20)13-11-14/h3-4,7-13H,2,5-6H2,1H3. The largest absolute Gasteiger partial charge is 0.308 e. The molecule has 1 heterocycles. The van der Waals surface area contributed by atoms with Crippen LogP contribution >= 0.6 is 11.6 Å². The smallest absolute Gasteiger partial charge is 0.258 e. The highest BCUT2D eigenvalue weighted by Crippen LogP contribution is 2.36. The second kappa shape index (κ2) is 6.37. The van der Waals surface area contributed by atoms with Crippen LogP contribution in [0.15, 0.2) is 54.6 Å². The third-order valence-electron chi connectivity index (χ3n) is 3.97. The number of likely N-dealkylation sites (N-methyl/N-ethyl adjacent to an activating group) is 1. The first-order valence-electron chi connectivity index (χ1n) is 7.56. The maximum atomic E-state index is 12.5. The van der Waals surface area contributed by atoms with Gasteiger partial charge >= 0.3 is 0 Å². The molecule has 0 saturated carbocycles. The molecule has 0 atom stereocenters. The number of hydrogen-bond acceptors (Lipinski definition) is 1. The predicted octanol–water partition coefficient (Wildman–Crippen LogP) is 4.72. The number of anilines is 1. The van der Waals surface area contributed by atoms with Crippen LogP contribution in [0.1, 0.15) is 24.5 Å². The molecule has 2 aromatic rings. The second-order valence-corrected chi connectivity index (χ2v) is 5.79. The average Bonchev–Trinajstić information content (AvgIpc) is 2.81. The number of allylic oxidation sites excluding steroid dienone is 1. The average molecular weight is 312 g/mol.